The van der Waals surface area contributed by atoms with Crippen molar-refractivity contribution in [3.8, 4) is 11.1 Å². The summed E-state index contributed by atoms with van der Waals surface area (Å²) in [6, 6.07) is 24.6. The van der Waals surface area contributed by atoms with Crippen LogP contribution in [0.25, 0.3) is 11.1 Å². The Kier molecular flexibility index (Phi) is 12.2. The number of halogens is 1. The number of hydrogen-bond acceptors (Lipinski definition) is 4. The van der Waals surface area contributed by atoms with Crippen LogP contribution in [-0.4, -0.2) is 28.5 Å². The van der Waals surface area contributed by atoms with Gasteiger partial charge in [0, 0.05) is 4.47 Å². The van der Waals surface area contributed by atoms with Crippen LogP contribution >= 0.6 is 15.9 Å². The molecule has 0 spiro atoms. The summed E-state index contributed by atoms with van der Waals surface area (Å²) in [4.78, 5) is 0. The van der Waals surface area contributed by atoms with Crippen molar-refractivity contribution in [3.05, 3.63) is 122 Å². The van der Waals surface area contributed by atoms with E-state index in [0.717, 1.165) is 22.2 Å². The highest BCUT2D eigenvalue weighted by atomic mass is 79.9. The maximum atomic E-state index is 9.33. The van der Waals surface area contributed by atoms with Crippen LogP contribution in [0.3, 0.4) is 0 Å². The Morgan fingerprint density at radius 1 is 0.591 bits per heavy atom. The second-order valence-corrected chi connectivity index (χ2v) is 13.4. The maximum Gasteiger partial charge on any atom is 0.495 e. The monoisotopic (exact) mass is 658 g/mol. The van der Waals surface area contributed by atoms with Gasteiger partial charge in [-0.1, -0.05) is 88.7 Å². The summed E-state index contributed by atoms with van der Waals surface area (Å²) in [7, 11) is -0.360. The van der Waals surface area contributed by atoms with Gasteiger partial charge >= 0.3 is 7.12 Å². The number of aryl methyl sites for hydroxylation is 4. The highest BCUT2D eigenvalue weighted by Gasteiger charge is 2.52. The van der Waals surface area contributed by atoms with Crippen LogP contribution in [0.1, 0.15) is 72.2 Å². The molecule has 4 aromatic carbocycles. The number of rotatable bonds is 4. The molecule has 1 aliphatic rings. The summed E-state index contributed by atoms with van der Waals surface area (Å²) in [5, 5.41) is 18.6. The molecule has 0 radical (unpaired) electrons. The minimum atomic E-state index is -0.360. The number of aliphatic hydroxyl groups excluding tert-OH is 2. The van der Waals surface area contributed by atoms with Crippen LogP contribution in [0, 0.1) is 41.5 Å². The third-order valence-electron chi connectivity index (χ3n) is 8.92. The van der Waals surface area contributed by atoms with Gasteiger partial charge in [0.2, 0.25) is 0 Å². The smallest absolute Gasteiger partial charge is 0.399 e. The molecule has 0 atom stereocenters. The van der Waals surface area contributed by atoms with Crippen molar-refractivity contribution in [1.82, 2.24) is 0 Å². The Morgan fingerprint density at radius 2 is 1.00 bits per heavy atom. The molecule has 234 valence electrons. The molecule has 1 heterocycles. The van der Waals surface area contributed by atoms with E-state index in [9.17, 15) is 10.2 Å². The van der Waals surface area contributed by atoms with E-state index in [1.807, 2.05) is 65.0 Å². The summed E-state index contributed by atoms with van der Waals surface area (Å²) < 4.78 is 13.3. The zero-order chi connectivity index (χ0) is 32.8. The summed E-state index contributed by atoms with van der Waals surface area (Å²) >= 11 is 3.48. The van der Waals surface area contributed by atoms with Crippen LogP contribution in [-0.2, 0) is 22.5 Å². The van der Waals surface area contributed by atoms with Crippen LogP contribution < -0.4 is 5.46 Å². The molecular weight excluding hydrogens is 611 g/mol. The fraction of sp³-hybridized carbons (Fsp3) is 0.368. The molecule has 1 saturated heterocycles. The Bertz CT molecular complexity index is 1520. The molecule has 0 aromatic heterocycles. The first-order valence-electron chi connectivity index (χ1n) is 15.2. The van der Waals surface area contributed by atoms with Gasteiger partial charge in [-0.3, -0.25) is 0 Å². The lowest BCUT2D eigenvalue weighted by atomic mass is 9.75. The minimum absolute atomic E-state index is 0.0409. The Morgan fingerprint density at radius 3 is 1.45 bits per heavy atom. The van der Waals surface area contributed by atoms with Gasteiger partial charge in [0.1, 0.15) is 0 Å². The van der Waals surface area contributed by atoms with Crippen molar-refractivity contribution in [2.75, 3.05) is 0 Å². The Labute approximate surface area is 273 Å². The van der Waals surface area contributed by atoms with Crippen LogP contribution in [0.4, 0.5) is 0 Å². The van der Waals surface area contributed by atoms with Crippen molar-refractivity contribution in [2.24, 2.45) is 0 Å². The zero-order valence-corrected chi connectivity index (χ0v) is 29.6. The number of aliphatic hydroxyl groups is 2. The van der Waals surface area contributed by atoms with Gasteiger partial charge in [-0.05, 0) is 130 Å². The summed E-state index contributed by atoms with van der Waals surface area (Å²) in [6.45, 7) is 20.8. The van der Waals surface area contributed by atoms with Gasteiger partial charge in [-0.25, -0.2) is 0 Å². The second-order valence-electron chi connectivity index (χ2n) is 12.6. The van der Waals surface area contributed by atoms with Crippen molar-refractivity contribution in [1.29, 1.82) is 0 Å². The molecule has 0 bridgehead atoms. The molecule has 4 nitrogen and oxygen atoms in total. The van der Waals surface area contributed by atoms with Gasteiger partial charge in [0.25, 0.3) is 0 Å². The van der Waals surface area contributed by atoms with E-state index >= 15 is 0 Å². The molecule has 1 aliphatic heterocycles. The van der Waals surface area contributed by atoms with Crippen molar-refractivity contribution >= 4 is 28.5 Å². The molecule has 0 unspecified atom stereocenters. The van der Waals surface area contributed by atoms with E-state index in [0.29, 0.717) is 0 Å². The van der Waals surface area contributed by atoms with Crippen molar-refractivity contribution in [2.45, 2.75) is 93.7 Å². The normalized spacial score (nSPS) is 14.8. The fourth-order valence-corrected chi connectivity index (χ4v) is 5.52. The van der Waals surface area contributed by atoms with E-state index < -0.39 is 0 Å². The Hall–Kier alpha value is -2.74. The van der Waals surface area contributed by atoms with Crippen LogP contribution in [0.2, 0.25) is 0 Å². The maximum absolute atomic E-state index is 9.33. The predicted octanol–water partition coefficient (Wildman–Crippen LogP) is 8.62. The van der Waals surface area contributed by atoms with Gasteiger partial charge in [-0.15, -0.1) is 0 Å². The SMILES string of the molecule is Cc1c(CO)cccc1B1OC(C)(C)C(C)(C)O1.Cc1cccc(C)c1-c1cccc(CO)c1C.Cc1cccc(C)c1Br. The third kappa shape index (κ3) is 8.10. The van der Waals surface area contributed by atoms with Crippen molar-refractivity contribution in [3.63, 3.8) is 0 Å². The number of hydrogen-bond donors (Lipinski definition) is 2. The first-order chi connectivity index (χ1) is 20.6. The zero-order valence-electron chi connectivity index (χ0n) is 28.0. The largest absolute Gasteiger partial charge is 0.495 e. The highest BCUT2D eigenvalue weighted by Crippen LogP contribution is 2.37. The van der Waals surface area contributed by atoms with Gasteiger partial charge in [0.15, 0.2) is 0 Å². The van der Waals surface area contributed by atoms with E-state index in [-0.39, 0.29) is 31.5 Å². The third-order valence-corrected chi connectivity index (χ3v) is 10.2. The topological polar surface area (TPSA) is 58.9 Å². The second kappa shape index (κ2) is 15.0. The molecular formula is C38H48BBrO4. The lowest BCUT2D eigenvalue weighted by Gasteiger charge is -2.32. The first kappa shape index (κ1) is 35.7. The molecule has 2 N–H and O–H groups in total. The molecule has 44 heavy (non-hydrogen) atoms. The molecule has 0 amide bonds. The van der Waals surface area contributed by atoms with Crippen molar-refractivity contribution < 1.29 is 19.5 Å². The first-order valence-corrected chi connectivity index (χ1v) is 16.0. The predicted molar refractivity (Wildman–Crippen MR) is 188 cm³/mol. The molecule has 1 fully saturated rings. The average molecular weight is 660 g/mol. The molecule has 6 heteroatoms. The lowest BCUT2D eigenvalue weighted by molar-refractivity contribution is 0.00578. The van der Waals surface area contributed by atoms with Crippen LogP contribution in [0.15, 0.2) is 77.3 Å². The van der Waals surface area contributed by atoms with Gasteiger partial charge in [-0.2, -0.15) is 0 Å². The Balaban J connectivity index is 0.000000190. The van der Waals surface area contributed by atoms with E-state index in [1.165, 1.54) is 43.4 Å². The summed E-state index contributed by atoms with van der Waals surface area (Å²) in [5.41, 5.74) is 12.2. The van der Waals surface area contributed by atoms with E-state index in [2.05, 4.69) is 93.0 Å². The molecule has 5 rings (SSSR count). The van der Waals surface area contributed by atoms with Crippen LogP contribution in [0.5, 0.6) is 0 Å². The number of benzene rings is 4. The quantitative estimate of drug-likeness (QED) is 0.216. The average Bonchev–Trinajstić information content (AvgIpc) is 3.19. The lowest BCUT2D eigenvalue weighted by Crippen LogP contribution is -2.41. The standard InChI is InChI=1S/C16H18O.C14H21BO3.C8H9Br/c1-11-6-4-7-12(2)16(11)15-9-5-8-14(10-17)13(15)3;1-10-11(9-16)7-6-8-12(10)15-17-13(2,3)14(4,5)18-15;1-6-4-3-5-7(2)8(6)9/h4-9,17H,10H2,1-3H3;6-8,16H,9H2,1-5H3;3-5H,1-2H3. The van der Waals surface area contributed by atoms with Gasteiger partial charge in [0.05, 0.1) is 24.4 Å². The van der Waals surface area contributed by atoms with Gasteiger partial charge < -0.3 is 19.5 Å². The minimum Gasteiger partial charge on any atom is -0.399 e. The van der Waals surface area contributed by atoms with E-state index in [4.69, 9.17) is 9.31 Å². The molecule has 0 saturated carbocycles. The summed E-state index contributed by atoms with van der Waals surface area (Å²) in [5.74, 6) is 0. The summed E-state index contributed by atoms with van der Waals surface area (Å²) in [6.07, 6.45) is 0. The fourth-order valence-electron chi connectivity index (χ4n) is 5.26. The highest BCUT2D eigenvalue weighted by molar-refractivity contribution is 9.10. The molecule has 0 aliphatic carbocycles. The molecule has 4 aromatic rings. The van der Waals surface area contributed by atoms with E-state index in [1.54, 1.807) is 0 Å².